The second kappa shape index (κ2) is 7.47. The molecule has 3 rings (SSSR count). The van der Waals surface area contributed by atoms with E-state index in [0.29, 0.717) is 27.2 Å². The molecule has 6 nitrogen and oxygen atoms in total. The van der Waals surface area contributed by atoms with Crippen LogP contribution in [-0.2, 0) is 10.0 Å². The number of aromatic nitrogens is 1. The summed E-state index contributed by atoms with van der Waals surface area (Å²) in [5, 5.41) is 0.889. The van der Waals surface area contributed by atoms with Gasteiger partial charge < -0.3 is 9.47 Å². The monoisotopic (exact) mass is 398 g/mol. The van der Waals surface area contributed by atoms with Gasteiger partial charge in [0.1, 0.15) is 23.9 Å². The average molecular weight is 399 g/mol. The van der Waals surface area contributed by atoms with Crippen molar-refractivity contribution in [3.05, 3.63) is 47.5 Å². The molecule has 1 aromatic heterocycles. The Balaban J connectivity index is 1.58. The Labute approximate surface area is 154 Å². The van der Waals surface area contributed by atoms with Crippen molar-refractivity contribution in [1.82, 2.24) is 4.98 Å². The molecule has 0 unspecified atom stereocenters. The standard InChI is InChI=1S/C16H15ClN2O4S2/c1-22-12-3-5-13(6-4-12)23-8-9-25(20,21)19-16-18-14-7-2-11(17)10-15(14)24-16/h2-7,10H,8-9H2,1H3,(H,18,19). The van der Waals surface area contributed by atoms with Crippen LogP contribution < -0.4 is 14.2 Å². The molecule has 0 radical (unpaired) electrons. The molecule has 0 fully saturated rings. The molecule has 0 aliphatic carbocycles. The van der Waals surface area contributed by atoms with E-state index >= 15 is 0 Å². The fourth-order valence-electron chi connectivity index (χ4n) is 2.07. The summed E-state index contributed by atoms with van der Waals surface area (Å²) in [5.74, 6) is 1.10. The molecule has 0 bridgehead atoms. The zero-order valence-electron chi connectivity index (χ0n) is 13.2. The highest BCUT2D eigenvalue weighted by Gasteiger charge is 2.14. The number of nitrogens with one attached hydrogen (secondary N) is 1. The number of anilines is 1. The Morgan fingerprint density at radius 2 is 1.88 bits per heavy atom. The first-order chi connectivity index (χ1) is 11.9. The summed E-state index contributed by atoms with van der Waals surface area (Å²) in [6, 6.07) is 12.1. The van der Waals surface area contributed by atoms with Crippen LogP contribution in [0.2, 0.25) is 5.02 Å². The SMILES string of the molecule is COc1ccc(OCCS(=O)(=O)Nc2nc3ccc(Cl)cc3s2)cc1. The van der Waals surface area contributed by atoms with E-state index in [2.05, 4.69) is 9.71 Å². The van der Waals surface area contributed by atoms with Gasteiger partial charge in [-0.2, -0.15) is 0 Å². The minimum Gasteiger partial charge on any atom is -0.497 e. The molecule has 0 aliphatic rings. The quantitative estimate of drug-likeness (QED) is 0.655. The van der Waals surface area contributed by atoms with Crippen LogP contribution in [0.25, 0.3) is 10.2 Å². The number of hydrogen-bond donors (Lipinski definition) is 1. The topological polar surface area (TPSA) is 77.5 Å². The normalized spacial score (nSPS) is 11.4. The number of rotatable bonds is 7. The van der Waals surface area contributed by atoms with Crippen molar-refractivity contribution >= 4 is 48.3 Å². The number of thiazole rings is 1. The van der Waals surface area contributed by atoms with Crippen molar-refractivity contribution in [3.8, 4) is 11.5 Å². The number of fused-ring (bicyclic) bond motifs is 1. The van der Waals surface area contributed by atoms with Crippen molar-refractivity contribution in [2.24, 2.45) is 0 Å². The van der Waals surface area contributed by atoms with E-state index in [1.807, 2.05) is 0 Å². The second-order valence-electron chi connectivity index (χ2n) is 5.08. The molecule has 0 spiro atoms. The first-order valence-corrected chi connectivity index (χ1v) is 10.1. The molecule has 2 aromatic carbocycles. The Hall–Kier alpha value is -2.03. The minimum atomic E-state index is -3.56. The van der Waals surface area contributed by atoms with Crippen molar-refractivity contribution in [2.45, 2.75) is 0 Å². The van der Waals surface area contributed by atoms with Gasteiger partial charge in [-0.05, 0) is 42.5 Å². The summed E-state index contributed by atoms with van der Waals surface area (Å²) < 4.78 is 38.1. The lowest BCUT2D eigenvalue weighted by Crippen LogP contribution is -2.21. The van der Waals surface area contributed by atoms with Gasteiger partial charge in [0.2, 0.25) is 10.0 Å². The minimum absolute atomic E-state index is 0.0262. The Bertz CT molecular complexity index is 971. The molecule has 0 atom stereocenters. The lowest BCUT2D eigenvalue weighted by Gasteiger charge is -2.08. The number of ether oxygens (including phenoxy) is 2. The fraction of sp³-hybridized carbons (Fsp3) is 0.188. The molecule has 0 saturated heterocycles. The van der Waals surface area contributed by atoms with Crippen LogP contribution in [0.3, 0.4) is 0 Å². The third-order valence-corrected chi connectivity index (χ3v) is 5.78. The molecule has 132 valence electrons. The fourth-order valence-corrected chi connectivity index (χ4v) is 4.32. The van der Waals surface area contributed by atoms with Gasteiger partial charge in [-0.1, -0.05) is 22.9 Å². The lowest BCUT2D eigenvalue weighted by molar-refractivity contribution is 0.340. The van der Waals surface area contributed by atoms with Crippen molar-refractivity contribution in [2.75, 3.05) is 24.2 Å². The van der Waals surface area contributed by atoms with Crippen molar-refractivity contribution in [3.63, 3.8) is 0 Å². The van der Waals surface area contributed by atoms with Gasteiger partial charge in [-0.15, -0.1) is 0 Å². The van der Waals surface area contributed by atoms with Gasteiger partial charge >= 0.3 is 0 Å². The molecule has 25 heavy (non-hydrogen) atoms. The average Bonchev–Trinajstić information content (AvgIpc) is 2.95. The Kier molecular flexibility index (Phi) is 5.31. The van der Waals surface area contributed by atoms with E-state index in [1.165, 1.54) is 11.3 Å². The summed E-state index contributed by atoms with van der Waals surface area (Å²) in [6.07, 6.45) is 0. The molecule has 3 aromatic rings. The molecule has 0 saturated carbocycles. The molecule has 0 amide bonds. The summed E-state index contributed by atoms with van der Waals surface area (Å²) >= 11 is 7.15. The molecule has 1 heterocycles. The highest BCUT2D eigenvalue weighted by molar-refractivity contribution is 7.92. The highest BCUT2D eigenvalue weighted by Crippen LogP contribution is 2.28. The second-order valence-corrected chi connectivity index (χ2v) is 8.38. The first-order valence-electron chi connectivity index (χ1n) is 7.29. The van der Waals surface area contributed by atoms with Crippen LogP contribution >= 0.6 is 22.9 Å². The number of sulfonamides is 1. The zero-order chi connectivity index (χ0) is 17.9. The maximum absolute atomic E-state index is 12.2. The van der Waals surface area contributed by atoms with Crippen LogP contribution in [-0.4, -0.2) is 32.9 Å². The smallest absolute Gasteiger partial charge is 0.237 e. The van der Waals surface area contributed by atoms with Crippen LogP contribution in [0.15, 0.2) is 42.5 Å². The number of nitrogens with zero attached hydrogens (tertiary/aromatic N) is 1. The zero-order valence-corrected chi connectivity index (χ0v) is 15.6. The van der Waals surface area contributed by atoms with E-state index in [-0.39, 0.29) is 12.4 Å². The highest BCUT2D eigenvalue weighted by atomic mass is 35.5. The maximum atomic E-state index is 12.2. The Morgan fingerprint density at radius 1 is 1.16 bits per heavy atom. The van der Waals surface area contributed by atoms with Gasteiger partial charge in [0.15, 0.2) is 5.13 Å². The molecular weight excluding hydrogens is 384 g/mol. The largest absolute Gasteiger partial charge is 0.497 e. The predicted octanol–water partition coefficient (Wildman–Crippen LogP) is 3.78. The first kappa shape index (κ1) is 17.8. The summed E-state index contributed by atoms with van der Waals surface area (Å²) in [6.45, 7) is 0.0262. The maximum Gasteiger partial charge on any atom is 0.237 e. The predicted molar refractivity (Wildman–Crippen MR) is 101 cm³/mol. The summed E-state index contributed by atoms with van der Waals surface area (Å²) in [5.41, 5.74) is 0.696. The van der Waals surface area contributed by atoms with E-state index in [9.17, 15) is 8.42 Å². The van der Waals surface area contributed by atoms with Crippen LogP contribution in [0.1, 0.15) is 0 Å². The van der Waals surface area contributed by atoms with Crippen LogP contribution in [0.4, 0.5) is 5.13 Å². The van der Waals surface area contributed by atoms with E-state index in [1.54, 1.807) is 49.6 Å². The van der Waals surface area contributed by atoms with Gasteiger partial charge in [0.05, 0.1) is 17.3 Å². The van der Waals surface area contributed by atoms with Crippen LogP contribution in [0.5, 0.6) is 11.5 Å². The molecular formula is C16H15ClN2O4S2. The number of halogens is 1. The van der Waals surface area contributed by atoms with Gasteiger partial charge in [0.25, 0.3) is 0 Å². The Morgan fingerprint density at radius 3 is 2.60 bits per heavy atom. The van der Waals surface area contributed by atoms with Gasteiger partial charge in [-0.3, -0.25) is 4.72 Å². The lowest BCUT2D eigenvalue weighted by atomic mass is 10.3. The molecule has 0 aliphatic heterocycles. The number of benzene rings is 2. The number of hydrogen-bond acceptors (Lipinski definition) is 6. The molecule has 1 N–H and O–H groups in total. The third-order valence-electron chi connectivity index (χ3n) is 3.27. The van der Waals surface area contributed by atoms with Crippen molar-refractivity contribution < 1.29 is 17.9 Å². The van der Waals surface area contributed by atoms with E-state index in [4.69, 9.17) is 21.1 Å². The van der Waals surface area contributed by atoms with E-state index < -0.39 is 10.0 Å². The van der Waals surface area contributed by atoms with E-state index in [0.717, 1.165) is 4.70 Å². The van der Waals surface area contributed by atoms with Crippen LogP contribution in [0, 0.1) is 0 Å². The van der Waals surface area contributed by atoms with Gasteiger partial charge in [0, 0.05) is 5.02 Å². The van der Waals surface area contributed by atoms with Gasteiger partial charge in [-0.25, -0.2) is 13.4 Å². The molecule has 9 heteroatoms. The summed E-state index contributed by atoms with van der Waals surface area (Å²) in [7, 11) is -1.99. The number of methoxy groups -OCH3 is 1. The third kappa shape index (κ3) is 4.75. The van der Waals surface area contributed by atoms with Crippen molar-refractivity contribution in [1.29, 1.82) is 0 Å². The summed E-state index contributed by atoms with van der Waals surface area (Å²) in [4.78, 5) is 4.24.